The Hall–Kier alpha value is -0.920. The van der Waals surface area contributed by atoms with Crippen molar-refractivity contribution in [3.63, 3.8) is 0 Å². The number of nitrogens with zero attached hydrogens (tertiary/aromatic N) is 2. The Morgan fingerprint density at radius 3 is 2.83 bits per heavy atom. The fraction of sp³-hybridized carbons (Fsp3) is 0.727. The largest absolute Gasteiger partial charge is 0.310 e. The van der Waals surface area contributed by atoms with Crippen LogP contribution in [0.25, 0.3) is 0 Å². The zero-order valence-corrected chi connectivity index (χ0v) is 11.2. The summed E-state index contributed by atoms with van der Waals surface area (Å²) in [7, 11) is -3.40. The van der Waals surface area contributed by atoms with Gasteiger partial charge in [-0.1, -0.05) is 0 Å². The van der Waals surface area contributed by atoms with Crippen LogP contribution in [0.1, 0.15) is 25.0 Å². The number of H-pyrrole nitrogens is 1. The summed E-state index contributed by atoms with van der Waals surface area (Å²) in [6.45, 7) is 2.91. The average Bonchev–Trinajstić information content (AvgIpc) is 2.84. The average molecular weight is 270 g/mol. The van der Waals surface area contributed by atoms with Crippen LogP contribution in [-0.2, 0) is 10.0 Å². The number of rotatable bonds is 2. The van der Waals surface area contributed by atoms with Crippen molar-refractivity contribution in [1.82, 2.24) is 19.8 Å². The van der Waals surface area contributed by atoms with Gasteiger partial charge in [-0.2, -0.15) is 9.40 Å². The standard InChI is InChI=1S/C11H18N4O2S/c1-8-11(6-12-14-8)18(16,17)15-5-4-9-2-3-10(7-15)13-9/h6,9-10,13H,2-5,7H2,1H3,(H,12,14). The van der Waals surface area contributed by atoms with Crippen LogP contribution in [0.4, 0.5) is 0 Å². The van der Waals surface area contributed by atoms with Crippen molar-refractivity contribution in [2.24, 2.45) is 0 Å². The maximum Gasteiger partial charge on any atom is 0.246 e. The molecule has 0 aromatic carbocycles. The Morgan fingerprint density at radius 1 is 1.33 bits per heavy atom. The first-order valence-electron chi connectivity index (χ1n) is 6.33. The molecule has 0 saturated carbocycles. The van der Waals surface area contributed by atoms with E-state index in [2.05, 4.69) is 15.5 Å². The van der Waals surface area contributed by atoms with Crippen molar-refractivity contribution < 1.29 is 8.42 Å². The van der Waals surface area contributed by atoms with Gasteiger partial charge in [0.2, 0.25) is 10.0 Å². The van der Waals surface area contributed by atoms with Crippen molar-refractivity contribution >= 4 is 10.0 Å². The van der Waals surface area contributed by atoms with E-state index in [1.807, 2.05) is 0 Å². The Balaban J connectivity index is 1.88. The summed E-state index contributed by atoms with van der Waals surface area (Å²) in [5.74, 6) is 0. The molecule has 3 rings (SSSR count). The fourth-order valence-corrected chi connectivity index (χ4v) is 4.49. The third-order valence-corrected chi connectivity index (χ3v) is 5.87. The highest BCUT2D eigenvalue weighted by Gasteiger charge is 2.35. The minimum absolute atomic E-state index is 0.305. The summed E-state index contributed by atoms with van der Waals surface area (Å²) in [5, 5.41) is 9.98. The highest BCUT2D eigenvalue weighted by atomic mass is 32.2. The van der Waals surface area contributed by atoms with Crippen LogP contribution in [0.15, 0.2) is 11.1 Å². The van der Waals surface area contributed by atoms with Crippen LogP contribution in [0.3, 0.4) is 0 Å². The second-order valence-corrected chi connectivity index (χ2v) is 7.06. The van der Waals surface area contributed by atoms with Crippen molar-refractivity contribution in [3.8, 4) is 0 Å². The number of nitrogens with one attached hydrogen (secondary N) is 2. The van der Waals surface area contributed by atoms with Crippen LogP contribution in [0.2, 0.25) is 0 Å². The number of aromatic amines is 1. The van der Waals surface area contributed by atoms with Crippen LogP contribution in [0.5, 0.6) is 0 Å². The number of hydrogen-bond acceptors (Lipinski definition) is 4. The summed E-state index contributed by atoms with van der Waals surface area (Å²) in [6.07, 6.45) is 4.54. The van der Waals surface area contributed by atoms with E-state index < -0.39 is 10.0 Å². The molecule has 2 N–H and O–H groups in total. The Kier molecular flexibility index (Phi) is 2.91. The minimum Gasteiger partial charge on any atom is -0.310 e. The van der Waals surface area contributed by atoms with Gasteiger partial charge in [0.1, 0.15) is 4.90 Å². The smallest absolute Gasteiger partial charge is 0.246 e. The van der Waals surface area contributed by atoms with E-state index in [0.717, 1.165) is 12.8 Å². The molecule has 2 bridgehead atoms. The highest BCUT2D eigenvalue weighted by Crippen LogP contribution is 2.25. The number of sulfonamides is 1. The predicted octanol–water partition coefficient (Wildman–Crippen LogP) is 0.233. The lowest BCUT2D eigenvalue weighted by molar-refractivity contribution is 0.383. The minimum atomic E-state index is -3.40. The van der Waals surface area contributed by atoms with E-state index in [0.29, 0.717) is 35.8 Å². The number of aromatic nitrogens is 2. The molecule has 18 heavy (non-hydrogen) atoms. The fourth-order valence-electron chi connectivity index (χ4n) is 2.87. The summed E-state index contributed by atoms with van der Waals surface area (Å²) >= 11 is 0. The van der Waals surface area contributed by atoms with E-state index in [1.54, 1.807) is 11.2 Å². The summed E-state index contributed by atoms with van der Waals surface area (Å²) in [6, 6.07) is 0.792. The van der Waals surface area contributed by atoms with Gasteiger partial charge in [-0.25, -0.2) is 8.42 Å². The highest BCUT2D eigenvalue weighted by molar-refractivity contribution is 7.89. The lowest BCUT2D eigenvalue weighted by atomic mass is 10.1. The van der Waals surface area contributed by atoms with E-state index in [-0.39, 0.29) is 0 Å². The quantitative estimate of drug-likeness (QED) is 0.806. The Morgan fingerprint density at radius 2 is 2.11 bits per heavy atom. The monoisotopic (exact) mass is 270 g/mol. The molecule has 100 valence electrons. The van der Waals surface area contributed by atoms with E-state index in [1.165, 1.54) is 12.6 Å². The molecule has 6 nitrogen and oxygen atoms in total. The van der Waals surface area contributed by atoms with Crippen LogP contribution >= 0.6 is 0 Å². The summed E-state index contributed by atoms with van der Waals surface area (Å²) in [5.41, 5.74) is 0.609. The topological polar surface area (TPSA) is 78.1 Å². The molecular weight excluding hydrogens is 252 g/mol. The first-order valence-corrected chi connectivity index (χ1v) is 7.77. The molecule has 0 aliphatic carbocycles. The molecule has 2 unspecified atom stereocenters. The van der Waals surface area contributed by atoms with Gasteiger partial charge in [-0.15, -0.1) is 0 Å². The van der Waals surface area contributed by atoms with Gasteiger partial charge in [-0.05, 0) is 26.2 Å². The zero-order chi connectivity index (χ0) is 12.8. The molecule has 7 heteroatoms. The first kappa shape index (κ1) is 12.1. The maximum atomic E-state index is 12.5. The molecule has 3 heterocycles. The second kappa shape index (κ2) is 4.32. The van der Waals surface area contributed by atoms with Crippen LogP contribution in [0, 0.1) is 6.92 Å². The van der Waals surface area contributed by atoms with Crippen LogP contribution in [-0.4, -0.2) is 48.1 Å². The summed E-state index contributed by atoms with van der Waals surface area (Å²) in [4.78, 5) is 0.306. The predicted molar refractivity (Wildman–Crippen MR) is 66.6 cm³/mol. The van der Waals surface area contributed by atoms with E-state index in [4.69, 9.17) is 0 Å². The van der Waals surface area contributed by atoms with Gasteiger partial charge in [-0.3, -0.25) is 5.10 Å². The molecule has 0 spiro atoms. The van der Waals surface area contributed by atoms with Gasteiger partial charge >= 0.3 is 0 Å². The lowest BCUT2D eigenvalue weighted by Gasteiger charge is -2.23. The molecule has 1 aromatic heterocycles. The van der Waals surface area contributed by atoms with Crippen LogP contribution < -0.4 is 5.32 Å². The molecule has 1 aromatic rings. The Bertz CT molecular complexity index is 539. The van der Waals surface area contributed by atoms with Crippen molar-refractivity contribution in [2.75, 3.05) is 13.1 Å². The van der Waals surface area contributed by atoms with Gasteiger partial charge in [0.25, 0.3) is 0 Å². The third kappa shape index (κ3) is 1.96. The van der Waals surface area contributed by atoms with Crippen molar-refractivity contribution in [1.29, 1.82) is 0 Å². The maximum absolute atomic E-state index is 12.5. The zero-order valence-electron chi connectivity index (χ0n) is 10.4. The summed E-state index contributed by atoms with van der Waals surface area (Å²) < 4.78 is 26.7. The molecule has 0 amide bonds. The lowest BCUT2D eigenvalue weighted by Crippen LogP contribution is -2.39. The molecule has 2 atom stereocenters. The molecule has 2 saturated heterocycles. The number of fused-ring (bicyclic) bond motifs is 2. The van der Waals surface area contributed by atoms with Gasteiger partial charge in [0.05, 0.1) is 11.9 Å². The molecule has 2 aliphatic heterocycles. The second-order valence-electron chi connectivity index (χ2n) is 5.15. The third-order valence-electron chi connectivity index (χ3n) is 3.89. The number of hydrogen-bond donors (Lipinski definition) is 2. The SMILES string of the molecule is Cc1[nH]ncc1S(=O)(=O)N1CCC2CCC(C1)N2. The Labute approximate surface area is 107 Å². The van der Waals surface area contributed by atoms with Gasteiger partial charge in [0.15, 0.2) is 0 Å². The number of aryl methyl sites for hydroxylation is 1. The molecular formula is C11H18N4O2S. The normalized spacial score (nSPS) is 29.4. The van der Waals surface area contributed by atoms with Gasteiger partial charge in [0, 0.05) is 25.2 Å². The van der Waals surface area contributed by atoms with Gasteiger partial charge < -0.3 is 5.32 Å². The molecule has 2 aliphatic rings. The van der Waals surface area contributed by atoms with E-state index in [9.17, 15) is 8.42 Å². The van der Waals surface area contributed by atoms with E-state index >= 15 is 0 Å². The van der Waals surface area contributed by atoms with Crippen molar-refractivity contribution in [2.45, 2.75) is 43.2 Å². The first-order chi connectivity index (χ1) is 8.57. The molecule has 2 fully saturated rings. The van der Waals surface area contributed by atoms with Crippen molar-refractivity contribution in [3.05, 3.63) is 11.9 Å². The molecule has 0 radical (unpaired) electrons.